The standard InChI is InChI=1S/C26H27N3O3/c1-18(19-6-3-2-4-7-19)27-21-12-14-22(15-13-21)28-25(30)17-32-24-9-5-8-23(16-24)29-26(31)20-10-11-20/h2-9,12-16,18,20,27H,10-11,17H2,1H3,(H,28,30)(H,29,31). The minimum atomic E-state index is -0.254. The van der Waals surface area contributed by atoms with Gasteiger partial charge in [0.1, 0.15) is 5.75 Å². The average Bonchev–Trinajstić information content (AvgIpc) is 3.66. The summed E-state index contributed by atoms with van der Waals surface area (Å²) in [6.45, 7) is 1.99. The van der Waals surface area contributed by atoms with Crippen LogP contribution in [-0.2, 0) is 9.59 Å². The monoisotopic (exact) mass is 429 g/mol. The number of carbonyl (C=O) groups is 2. The molecule has 1 saturated carbocycles. The number of hydrogen-bond donors (Lipinski definition) is 3. The molecule has 6 heteroatoms. The highest BCUT2D eigenvalue weighted by atomic mass is 16.5. The minimum absolute atomic E-state index is 0.0380. The molecule has 1 fully saturated rings. The van der Waals surface area contributed by atoms with E-state index >= 15 is 0 Å². The van der Waals surface area contributed by atoms with Crippen LogP contribution in [0.2, 0.25) is 0 Å². The lowest BCUT2D eigenvalue weighted by atomic mass is 10.1. The Morgan fingerprint density at radius 3 is 2.31 bits per heavy atom. The van der Waals surface area contributed by atoms with Gasteiger partial charge in [-0.05, 0) is 61.7 Å². The van der Waals surface area contributed by atoms with Gasteiger partial charge in [-0.2, -0.15) is 0 Å². The normalized spacial score (nSPS) is 13.7. The third kappa shape index (κ3) is 6.11. The Morgan fingerprint density at radius 2 is 1.59 bits per heavy atom. The summed E-state index contributed by atoms with van der Waals surface area (Å²) in [5, 5.41) is 9.16. The Bertz CT molecular complexity index is 1060. The van der Waals surface area contributed by atoms with E-state index in [-0.39, 0.29) is 30.4 Å². The molecule has 1 atom stereocenters. The van der Waals surface area contributed by atoms with Gasteiger partial charge in [-0.25, -0.2) is 0 Å². The molecular weight excluding hydrogens is 402 g/mol. The number of anilines is 3. The van der Waals surface area contributed by atoms with E-state index < -0.39 is 0 Å². The van der Waals surface area contributed by atoms with Crippen molar-refractivity contribution in [1.29, 1.82) is 0 Å². The van der Waals surface area contributed by atoms with Crippen LogP contribution in [0.1, 0.15) is 31.4 Å². The first-order valence-electron chi connectivity index (χ1n) is 10.8. The van der Waals surface area contributed by atoms with Crippen LogP contribution in [0.15, 0.2) is 78.9 Å². The van der Waals surface area contributed by atoms with Crippen molar-refractivity contribution in [2.75, 3.05) is 22.6 Å². The van der Waals surface area contributed by atoms with Gasteiger partial charge in [0.05, 0.1) is 0 Å². The van der Waals surface area contributed by atoms with E-state index in [1.54, 1.807) is 24.3 Å². The molecule has 0 radical (unpaired) electrons. The molecule has 1 unspecified atom stereocenters. The van der Waals surface area contributed by atoms with E-state index in [0.717, 1.165) is 18.5 Å². The molecule has 1 aliphatic carbocycles. The molecule has 0 heterocycles. The highest BCUT2D eigenvalue weighted by molar-refractivity contribution is 5.94. The van der Waals surface area contributed by atoms with Crippen LogP contribution in [0.5, 0.6) is 5.75 Å². The molecule has 6 nitrogen and oxygen atoms in total. The van der Waals surface area contributed by atoms with Crippen LogP contribution in [0.25, 0.3) is 0 Å². The SMILES string of the molecule is CC(Nc1ccc(NC(=O)COc2cccc(NC(=O)C3CC3)c2)cc1)c1ccccc1. The Balaban J connectivity index is 1.25. The van der Waals surface area contributed by atoms with Crippen LogP contribution in [0.3, 0.4) is 0 Å². The number of amides is 2. The zero-order valence-corrected chi connectivity index (χ0v) is 18.0. The first-order chi connectivity index (χ1) is 15.6. The van der Waals surface area contributed by atoms with E-state index in [2.05, 4.69) is 35.0 Å². The van der Waals surface area contributed by atoms with Gasteiger partial charge in [0, 0.05) is 35.1 Å². The molecular formula is C26H27N3O3. The predicted molar refractivity (Wildman–Crippen MR) is 127 cm³/mol. The molecule has 3 N–H and O–H groups in total. The van der Waals surface area contributed by atoms with Crippen molar-refractivity contribution in [3.05, 3.63) is 84.4 Å². The lowest BCUT2D eigenvalue weighted by molar-refractivity contribution is -0.118. The lowest BCUT2D eigenvalue weighted by Crippen LogP contribution is -2.20. The quantitative estimate of drug-likeness (QED) is 0.435. The number of nitrogens with one attached hydrogen (secondary N) is 3. The van der Waals surface area contributed by atoms with Crippen LogP contribution in [-0.4, -0.2) is 18.4 Å². The van der Waals surface area contributed by atoms with E-state index in [0.29, 0.717) is 17.1 Å². The zero-order chi connectivity index (χ0) is 22.3. The summed E-state index contributed by atoms with van der Waals surface area (Å²) >= 11 is 0. The number of hydrogen-bond acceptors (Lipinski definition) is 4. The van der Waals surface area contributed by atoms with Gasteiger partial charge in [0.15, 0.2) is 6.61 Å². The number of ether oxygens (including phenoxy) is 1. The topological polar surface area (TPSA) is 79.5 Å². The van der Waals surface area contributed by atoms with Crippen LogP contribution < -0.4 is 20.7 Å². The van der Waals surface area contributed by atoms with Gasteiger partial charge in [0.2, 0.25) is 5.91 Å². The average molecular weight is 430 g/mol. The highest BCUT2D eigenvalue weighted by Gasteiger charge is 2.29. The fourth-order valence-electron chi connectivity index (χ4n) is 3.32. The first kappa shape index (κ1) is 21.4. The predicted octanol–water partition coefficient (Wildman–Crippen LogP) is 5.23. The van der Waals surface area contributed by atoms with Gasteiger partial charge < -0.3 is 20.7 Å². The summed E-state index contributed by atoms with van der Waals surface area (Å²) in [5.41, 5.74) is 3.55. The summed E-state index contributed by atoms with van der Waals surface area (Å²) in [6, 6.07) is 25.0. The van der Waals surface area contributed by atoms with Gasteiger partial charge in [-0.1, -0.05) is 36.4 Å². The van der Waals surface area contributed by atoms with E-state index in [4.69, 9.17) is 4.74 Å². The molecule has 32 heavy (non-hydrogen) atoms. The van der Waals surface area contributed by atoms with E-state index in [9.17, 15) is 9.59 Å². The molecule has 0 bridgehead atoms. The maximum absolute atomic E-state index is 12.3. The molecule has 164 valence electrons. The van der Waals surface area contributed by atoms with Crippen LogP contribution >= 0.6 is 0 Å². The molecule has 2 amide bonds. The Labute approximate surface area is 188 Å². The third-order valence-electron chi connectivity index (χ3n) is 5.27. The smallest absolute Gasteiger partial charge is 0.262 e. The van der Waals surface area contributed by atoms with Crippen molar-refractivity contribution in [3.63, 3.8) is 0 Å². The molecule has 0 spiro atoms. The zero-order valence-electron chi connectivity index (χ0n) is 18.0. The van der Waals surface area contributed by atoms with Gasteiger partial charge >= 0.3 is 0 Å². The summed E-state index contributed by atoms with van der Waals surface area (Å²) in [6.07, 6.45) is 1.90. The number of rotatable bonds is 9. The molecule has 0 aliphatic heterocycles. The van der Waals surface area contributed by atoms with Gasteiger partial charge in [-0.3, -0.25) is 9.59 Å². The van der Waals surface area contributed by atoms with Crippen LogP contribution in [0, 0.1) is 5.92 Å². The Hall–Kier alpha value is -3.80. The van der Waals surface area contributed by atoms with Crippen molar-refractivity contribution >= 4 is 28.9 Å². The highest BCUT2D eigenvalue weighted by Crippen LogP contribution is 2.30. The summed E-state index contributed by atoms with van der Waals surface area (Å²) in [7, 11) is 0. The molecule has 3 aromatic carbocycles. The largest absolute Gasteiger partial charge is 0.484 e. The molecule has 0 aromatic heterocycles. The number of carbonyl (C=O) groups excluding carboxylic acids is 2. The van der Waals surface area contributed by atoms with Crippen molar-refractivity contribution in [3.8, 4) is 5.75 Å². The summed E-state index contributed by atoms with van der Waals surface area (Å²) in [4.78, 5) is 24.2. The number of benzene rings is 3. The first-order valence-corrected chi connectivity index (χ1v) is 10.8. The third-order valence-corrected chi connectivity index (χ3v) is 5.27. The molecule has 0 saturated heterocycles. The molecule has 4 rings (SSSR count). The fraction of sp³-hybridized carbons (Fsp3) is 0.231. The van der Waals surface area contributed by atoms with E-state index in [1.807, 2.05) is 42.5 Å². The van der Waals surface area contributed by atoms with Crippen LogP contribution in [0.4, 0.5) is 17.1 Å². The fourth-order valence-corrected chi connectivity index (χ4v) is 3.32. The second-order valence-corrected chi connectivity index (χ2v) is 7.98. The second-order valence-electron chi connectivity index (χ2n) is 7.98. The van der Waals surface area contributed by atoms with E-state index in [1.165, 1.54) is 5.56 Å². The van der Waals surface area contributed by atoms with Gasteiger partial charge in [-0.15, -0.1) is 0 Å². The maximum atomic E-state index is 12.3. The lowest BCUT2D eigenvalue weighted by Gasteiger charge is -2.16. The maximum Gasteiger partial charge on any atom is 0.262 e. The van der Waals surface area contributed by atoms with Crippen molar-refractivity contribution < 1.29 is 14.3 Å². The van der Waals surface area contributed by atoms with Crippen molar-refractivity contribution in [2.45, 2.75) is 25.8 Å². The summed E-state index contributed by atoms with van der Waals surface area (Å²) < 4.78 is 5.59. The molecule has 1 aliphatic rings. The summed E-state index contributed by atoms with van der Waals surface area (Å²) in [5.74, 6) is 0.448. The van der Waals surface area contributed by atoms with Crippen molar-refractivity contribution in [2.24, 2.45) is 5.92 Å². The molecule has 3 aromatic rings. The Morgan fingerprint density at radius 1 is 0.875 bits per heavy atom. The minimum Gasteiger partial charge on any atom is -0.484 e. The van der Waals surface area contributed by atoms with Gasteiger partial charge in [0.25, 0.3) is 5.91 Å². The van der Waals surface area contributed by atoms with Crippen molar-refractivity contribution in [1.82, 2.24) is 0 Å². The second kappa shape index (κ2) is 10.0. The Kier molecular flexibility index (Phi) is 6.70.